The van der Waals surface area contributed by atoms with Crippen molar-refractivity contribution in [3.63, 3.8) is 0 Å². The van der Waals surface area contributed by atoms with Crippen LogP contribution in [0.1, 0.15) is 44.5 Å². The van der Waals surface area contributed by atoms with Crippen molar-refractivity contribution in [1.29, 1.82) is 0 Å². The summed E-state index contributed by atoms with van der Waals surface area (Å²) in [6, 6.07) is 0. The first kappa shape index (κ1) is 14.2. The summed E-state index contributed by atoms with van der Waals surface area (Å²) in [5.41, 5.74) is 7.79. The van der Waals surface area contributed by atoms with E-state index in [0.29, 0.717) is 5.92 Å². The SMILES string of the molecule is CCc1nnc(N2CCCC(CCN)C2)nc1CC. The molecule has 5 nitrogen and oxygen atoms in total. The molecule has 1 unspecified atom stereocenters. The third-order valence-corrected chi connectivity index (χ3v) is 3.87. The Morgan fingerprint density at radius 2 is 2.00 bits per heavy atom. The van der Waals surface area contributed by atoms with E-state index in [0.717, 1.165) is 56.2 Å². The number of hydrogen-bond acceptors (Lipinski definition) is 5. The molecule has 0 bridgehead atoms. The maximum absolute atomic E-state index is 5.66. The zero-order chi connectivity index (χ0) is 13.7. The molecular weight excluding hydrogens is 238 g/mol. The fourth-order valence-electron chi connectivity index (χ4n) is 2.78. The number of nitrogens with zero attached hydrogens (tertiary/aromatic N) is 4. The molecule has 106 valence electrons. The molecule has 1 aliphatic rings. The summed E-state index contributed by atoms with van der Waals surface area (Å²) in [5, 5.41) is 8.65. The molecule has 0 aliphatic carbocycles. The summed E-state index contributed by atoms with van der Waals surface area (Å²) in [4.78, 5) is 6.97. The fraction of sp³-hybridized carbons (Fsp3) is 0.786. The lowest BCUT2D eigenvalue weighted by molar-refractivity contribution is 0.391. The highest BCUT2D eigenvalue weighted by atomic mass is 15.3. The topological polar surface area (TPSA) is 67.9 Å². The molecule has 0 radical (unpaired) electrons. The van der Waals surface area contributed by atoms with Gasteiger partial charge in [0.05, 0.1) is 11.4 Å². The fourth-order valence-corrected chi connectivity index (χ4v) is 2.78. The molecule has 1 aromatic rings. The standard InChI is InChI=1S/C14H25N5/c1-3-12-13(4-2)17-18-14(16-12)19-9-5-6-11(10-19)7-8-15/h11H,3-10,15H2,1-2H3. The van der Waals surface area contributed by atoms with Crippen molar-refractivity contribution < 1.29 is 0 Å². The Morgan fingerprint density at radius 1 is 1.21 bits per heavy atom. The van der Waals surface area contributed by atoms with Crippen LogP contribution in [-0.4, -0.2) is 34.8 Å². The summed E-state index contributed by atoms with van der Waals surface area (Å²) >= 11 is 0. The predicted molar refractivity (Wildman–Crippen MR) is 77.2 cm³/mol. The first-order chi connectivity index (χ1) is 9.28. The first-order valence-corrected chi connectivity index (χ1v) is 7.45. The molecule has 2 heterocycles. The number of aryl methyl sites for hydroxylation is 2. The molecule has 2 N–H and O–H groups in total. The van der Waals surface area contributed by atoms with E-state index in [4.69, 9.17) is 10.7 Å². The van der Waals surface area contributed by atoms with Crippen molar-refractivity contribution in [2.45, 2.75) is 46.0 Å². The van der Waals surface area contributed by atoms with Gasteiger partial charge in [-0.15, -0.1) is 5.10 Å². The molecule has 2 rings (SSSR count). The quantitative estimate of drug-likeness (QED) is 0.873. The van der Waals surface area contributed by atoms with Gasteiger partial charge >= 0.3 is 0 Å². The molecule has 1 aromatic heterocycles. The minimum Gasteiger partial charge on any atom is -0.339 e. The maximum atomic E-state index is 5.66. The average molecular weight is 263 g/mol. The normalized spacial score (nSPS) is 19.7. The summed E-state index contributed by atoms with van der Waals surface area (Å²) < 4.78 is 0. The largest absolute Gasteiger partial charge is 0.339 e. The number of rotatable bonds is 5. The zero-order valence-electron chi connectivity index (χ0n) is 12.1. The molecular formula is C14H25N5. The van der Waals surface area contributed by atoms with Gasteiger partial charge in [0, 0.05) is 13.1 Å². The summed E-state index contributed by atoms with van der Waals surface area (Å²) in [6.45, 7) is 7.06. The Hall–Kier alpha value is -1.23. The molecule has 0 saturated carbocycles. The predicted octanol–water partition coefficient (Wildman–Crippen LogP) is 1.56. The van der Waals surface area contributed by atoms with E-state index in [9.17, 15) is 0 Å². The smallest absolute Gasteiger partial charge is 0.245 e. The van der Waals surface area contributed by atoms with E-state index >= 15 is 0 Å². The summed E-state index contributed by atoms with van der Waals surface area (Å²) in [6.07, 6.45) is 5.39. The number of nitrogens with two attached hydrogens (primary N) is 1. The number of hydrogen-bond donors (Lipinski definition) is 1. The lowest BCUT2D eigenvalue weighted by Crippen LogP contribution is -2.37. The van der Waals surface area contributed by atoms with E-state index in [1.165, 1.54) is 12.8 Å². The van der Waals surface area contributed by atoms with Crippen LogP contribution in [0.5, 0.6) is 0 Å². The average Bonchev–Trinajstić information content (AvgIpc) is 2.47. The van der Waals surface area contributed by atoms with Gasteiger partial charge in [0.2, 0.25) is 5.95 Å². The Labute approximate surface area is 115 Å². The molecule has 5 heteroatoms. The lowest BCUT2D eigenvalue weighted by Gasteiger charge is -2.32. The highest BCUT2D eigenvalue weighted by Gasteiger charge is 2.22. The van der Waals surface area contributed by atoms with Crippen LogP contribution in [0, 0.1) is 5.92 Å². The van der Waals surface area contributed by atoms with E-state index in [1.54, 1.807) is 0 Å². The van der Waals surface area contributed by atoms with Gasteiger partial charge in [-0.25, -0.2) is 4.98 Å². The minimum absolute atomic E-state index is 0.679. The Balaban J connectivity index is 2.12. The third-order valence-electron chi connectivity index (χ3n) is 3.87. The maximum Gasteiger partial charge on any atom is 0.245 e. The van der Waals surface area contributed by atoms with E-state index in [2.05, 4.69) is 28.9 Å². The van der Waals surface area contributed by atoms with Crippen LogP contribution in [0.2, 0.25) is 0 Å². The molecule has 19 heavy (non-hydrogen) atoms. The second-order valence-electron chi connectivity index (χ2n) is 5.24. The van der Waals surface area contributed by atoms with Crippen LogP contribution in [0.25, 0.3) is 0 Å². The van der Waals surface area contributed by atoms with Gasteiger partial charge in [0.1, 0.15) is 0 Å². The molecule has 1 aliphatic heterocycles. The van der Waals surface area contributed by atoms with Crippen molar-refractivity contribution >= 4 is 5.95 Å². The zero-order valence-corrected chi connectivity index (χ0v) is 12.1. The molecule has 1 saturated heterocycles. The van der Waals surface area contributed by atoms with Crippen LogP contribution in [0.15, 0.2) is 0 Å². The van der Waals surface area contributed by atoms with Crippen LogP contribution in [0.3, 0.4) is 0 Å². The highest BCUT2D eigenvalue weighted by molar-refractivity contribution is 5.31. The second kappa shape index (κ2) is 6.80. The number of piperidine rings is 1. The van der Waals surface area contributed by atoms with Crippen molar-refractivity contribution in [3.8, 4) is 0 Å². The van der Waals surface area contributed by atoms with Crippen LogP contribution >= 0.6 is 0 Å². The van der Waals surface area contributed by atoms with E-state index in [-0.39, 0.29) is 0 Å². The van der Waals surface area contributed by atoms with E-state index < -0.39 is 0 Å². The van der Waals surface area contributed by atoms with Gasteiger partial charge in [0.25, 0.3) is 0 Å². The second-order valence-corrected chi connectivity index (χ2v) is 5.24. The molecule has 0 spiro atoms. The van der Waals surface area contributed by atoms with Crippen molar-refractivity contribution in [2.24, 2.45) is 11.7 Å². The molecule has 1 atom stereocenters. The lowest BCUT2D eigenvalue weighted by atomic mass is 9.95. The van der Waals surface area contributed by atoms with Gasteiger partial charge in [-0.2, -0.15) is 5.10 Å². The highest BCUT2D eigenvalue weighted by Crippen LogP contribution is 2.22. The minimum atomic E-state index is 0.679. The first-order valence-electron chi connectivity index (χ1n) is 7.45. The van der Waals surface area contributed by atoms with Gasteiger partial charge in [0.15, 0.2) is 0 Å². The molecule has 1 fully saturated rings. The molecule has 0 amide bonds. The van der Waals surface area contributed by atoms with Crippen LogP contribution in [-0.2, 0) is 12.8 Å². The van der Waals surface area contributed by atoms with Gasteiger partial charge in [-0.05, 0) is 44.6 Å². The van der Waals surface area contributed by atoms with Crippen molar-refractivity contribution in [2.75, 3.05) is 24.5 Å². The van der Waals surface area contributed by atoms with Gasteiger partial charge in [-0.1, -0.05) is 13.8 Å². The van der Waals surface area contributed by atoms with Crippen molar-refractivity contribution in [1.82, 2.24) is 15.2 Å². The Bertz CT molecular complexity index is 405. The van der Waals surface area contributed by atoms with Gasteiger partial charge < -0.3 is 10.6 Å². The monoisotopic (exact) mass is 263 g/mol. The Morgan fingerprint density at radius 3 is 2.68 bits per heavy atom. The molecule has 0 aromatic carbocycles. The summed E-state index contributed by atoms with van der Waals surface area (Å²) in [7, 11) is 0. The third kappa shape index (κ3) is 3.41. The van der Waals surface area contributed by atoms with Gasteiger partial charge in [-0.3, -0.25) is 0 Å². The van der Waals surface area contributed by atoms with Crippen LogP contribution in [0.4, 0.5) is 5.95 Å². The van der Waals surface area contributed by atoms with Crippen molar-refractivity contribution in [3.05, 3.63) is 11.4 Å². The number of aromatic nitrogens is 3. The van der Waals surface area contributed by atoms with E-state index in [1.807, 2.05) is 0 Å². The summed E-state index contributed by atoms with van der Waals surface area (Å²) in [5.74, 6) is 1.48. The Kier molecular flexibility index (Phi) is 5.07. The van der Waals surface area contributed by atoms with Crippen LogP contribution < -0.4 is 10.6 Å². The number of anilines is 1.